The molecular weight excluding hydrogens is 281 g/mol. The van der Waals surface area contributed by atoms with Crippen molar-refractivity contribution in [1.29, 1.82) is 0 Å². The molecule has 0 N–H and O–H groups in total. The van der Waals surface area contributed by atoms with Crippen LogP contribution in [0.15, 0.2) is 18.3 Å². The first-order chi connectivity index (χ1) is 10.2. The number of hydrogen-bond acceptors (Lipinski definition) is 4. The number of nitrogens with zero attached hydrogens (tertiary/aromatic N) is 3. The number of carbonyl (C=O) groups excluding carboxylic acids is 1. The van der Waals surface area contributed by atoms with Crippen molar-refractivity contribution >= 4 is 24.4 Å². The van der Waals surface area contributed by atoms with Gasteiger partial charge in [0.25, 0.3) is 0 Å². The molecule has 2 aliphatic heterocycles. The second-order valence-electron chi connectivity index (χ2n) is 6.89. The van der Waals surface area contributed by atoms with E-state index in [4.69, 9.17) is 9.31 Å². The van der Waals surface area contributed by atoms with Crippen LogP contribution in [0.25, 0.3) is 0 Å². The summed E-state index contributed by atoms with van der Waals surface area (Å²) in [5.41, 5.74) is 0.121. The molecule has 3 rings (SSSR count). The highest BCUT2D eigenvalue weighted by atomic mass is 16.7. The maximum absolute atomic E-state index is 12.0. The second-order valence-corrected chi connectivity index (χ2v) is 6.89. The van der Waals surface area contributed by atoms with Gasteiger partial charge in [0.2, 0.25) is 0 Å². The van der Waals surface area contributed by atoms with Crippen LogP contribution in [-0.4, -0.2) is 54.4 Å². The van der Waals surface area contributed by atoms with E-state index in [1.54, 1.807) is 23.0 Å². The van der Waals surface area contributed by atoms with Gasteiger partial charge in [-0.2, -0.15) is 0 Å². The number of rotatable bonds is 2. The lowest BCUT2D eigenvalue weighted by Gasteiger charge is -2.32. The molecule has 0 saturated carbocycles. The van der Waals surface area contributed by atoms with Crippen LogP contribution in [0.4, 0.5) is 10.6 Å². The summed E-state index contributed by atoms with van der Waals surface area (Å²) in [6.07, 6.45) is 1.73. The first-order valence-corrected chi connectivity index (χ1v) is 7.55. The van der Waals surface area contributed by atoms with Crippen molar-refractivity contribution in [3.63, 3.8) is 0 Å². The standard InChI is InChI=1S/C15H22BN3O3/c1-14(2)15(3,4)22-16(21-14)11-6-7-12(17-10-11)19-9-8-18(5)13(19)20/h6-7,10H,8-9H2,1-5H3. The first-order valence-electron chi connectivity index (χ1n) is 7.55. The Labute approximate surface area is 131 Å². The van der Waals surface area contributed by atoms with Crippen LogP contribution in [0, 0.1) is 0 Å². The number of hydrogen-bond donors (Lipinski definition) is 0. The van der Waals surface area contributed by atoms with Crippen molar-refractivity contribution in [3.05, 3.63) is 18.3 Å². The van der Waals surface area contributed by atoms with Gasteiger partial charge in [-0.25, -0.2) is 9.78 Å². The van der Waals surface area contributed by atoms with Crippen molar-refractivity contribution in [2.45, 2.75) is 38.9 Å². The minimum atomic E-state index is -0.427. The fraction of sp³-hybridized carbons (Fsp3) is 0.600. The van der Waals surface area contributed by atoms with Crippen LogP contribution >= 0.6 is 0 Å². The van der Waals surface area contributed by atoms with Gasteiger partial charge in [0.15, 0.2) is 0 Å². The van der Waals surface area contributed by atoms with Gasteiger partial charge in [-0.15, -0.1) is 0 Å². The maximum atomic E-state index is 12.0. The maximum Gasteiger partial charge on any atom is 0.496 e. The number of aromatic nitrogens is 1. The van der Waals surface area contributed by atoms with Crippen molar-refractivity contribution in [2.75, 3.05) is 25.0 Å². The van der Waals surface area contributed by atoms with Gasteiger partial charge in [0.1, 0.15) is 5.82 Å². The zero-order valence-electron chi connectivity index (χ0n) is 13.8. The number of urea groups is 1. The van der Waals surface area contributed by atoms with E-state index in [1.807, 2.05) is 39.8 Å². The van der Waals surface area contributed by atoms with E-state index >= 15 is 0 Å². The summed E-state index contributed by atoms with van der Waals surface area (Å²) >= 11 is 0. The summed E-state index contributed by atoms with van der Waals surface area (Å²) in [5, 5.41) is 0. The molecule has 0 unspecified atom stereocenters. The molecule has 2 amide bonds. The fourth-order valence-electron chi connectivity index (χ4n) is 2.54. The number of carbonyl (C=O) groups is 1. The van der Waals surface area contributed by atoms with Gasteiger partial charge < -0.3 is 14.2 Å². The number of anilines is 1. The minimum Gasteiger partial charge on any atom is -0.399 e. The lowest BCUT2D eigenvalue weighted by atomic mass is 9.80. The second kappa shape index (κ2) is 4.96. The molecule has 0 radical (unpaired) electrons. The SMILES string of the molecule is CN1CCN(c2ccc(B3OC(C)(C)C(C)(C)O3)cn2)C1=O. The molecule has 118 valence electrons. The van der Waals surface area contributed by atoms with E-state index < -0.39 is 7.12 Å². The summed E-state index contributed by atoms with van der Waals surface area (Å²) < 4.78 is 12.0. The van der Waals surface area contributed by atoms with Crippen molar-refractivity contribution in [3.8, 4) is 0 Å². The van der Waals surface area contributed by atoms with E-state index in [0.29, 0.717) is 12.4 Å². The molecular formula is C15H22BN3O3. The Hall–Kier alpha value is -1.60. The minimum absolute atomic E-state index is 0.0177. The van der Waals surface area contributed by atoms with Crippen LogP contribution in [0.5, 0.6) is 0 Å². The van der Waals surface area contributed by atoms with Crippen LogP contribution in [0.3, 0.4) is 0 Å². The molecule has 3 heterocycles. The van der Waals surface area contributed by atoms with Gasteiger partial charge in [0.05, 0.1) is 11.2 Å². The molecule has 2 aliphatic rings. The molecule has 22 heavy (non-hydrogen) atoms. The van der Waals surface area contributed by atoms with E-state index in [2.05, 4.69) is 4.98 Å². The monoisotopic (exact) mass is 303 g/mol. The van der Waals surface area contributed by atoms with E-state index in [-0.39, 0.29) is 17.2 Å². The van der Waals surface area contributed by atoms with Gasteiger partial charge in [-0.05, 0) is 33.8 Å². The highest BCUT2D eigenvalue weighted by molar-refractivity contribution is 6.62. The summed E-state index contributed by atoms with van der Waals surface area (Å²) in [6.45, 7) is 9.47. The van der Waals surface area contributed by atoms with Gasteiger partial charge in [-0.3, -0.25) is 4.90 Å². The molecule has 7 heteroatoms. The van der Waals surface area contributed by atoms with Crippen LogP contribution in [0.1, 0.15) is 27.7 Å². The first kappa shape index (κ1) is 15.3. The molecule has 6 nitrogen and oxygen atoms in total. The summed E-state index contributed by atoms with van der Waals surface area (Å²) in [7, 11) is 1.37. The van der Waals surface area contributed by atoms with Gasteiger partial charge in [-0.1, -0.05) is 6.07 Å². The predicted molar refractivity (Wildman–Crippen MR) is 85.3 cm³/mol. The zero-order valence-corrected chi connectivity index (χ0v) is 13.8. The topological polar surface area (TPSA) is 54.9 Å². The molecule has 2 fully saturated rings. The number of amides is 2. The number of pyridine rings is 1. The Bertz CT molecular complexity index is 572. The Morgan fingerprint density at radius 1 is 1.14 bits per heavy atom. The van der Waals surface area contributed by atoms with Crippen molar-refractivity contribution in [1.82, 2.24) is 9.88 Å². The summed E-state index contributed by atoms with van der Waals surface area (Å²) in [6, 6.07) is 3.74. The summed E-state index contributed by atoms with van der Waals surface area (Å²) in [5.74, 6) is 0.662. The highest BCUT2D eigenvalue weighted by Crippen LogP contribution is 2.36. The fourth-order valence-corrected chi connectivity index (χ4v) is 2.54. The molecule has 0 aliphatic carbocycles. The van der Waals surface area contributed by atoms with Gasteiger partial charge >= 0.3 is 13.1 Å². The third-order valence-corrected chi connectivity index (χ3v) is 4.79. The number of likely N-dealkylation sites (N-methyl/N-ethyl adjacent to an activating group) is 1. The summed E-state index contributed by atoms with van der Waals surface area (Å²) in [4.78, 5) is 19.7. The van der Waals surface area contributed by atoms with E-state index in [1.165, 1.54) is 0 Å². The molecule has 1 aromatic heterocycles. The Balaban J connectivity index is 1.77. The van der Waals surface area contributed by atoms with Crippen LogP contribution in [0.2, 0.25) is 0 Å². The normalized spacial score (nSPS) is 23.5. The molecule has 0 aromatic carbocycles. The molecule has 0 bridgehead atoms. The van der Waals surface area contributed by atoms with Crippen LogP contribution < -0.4 is 10.4 Å². The third kappa shape index (κ3) is 2.38. The smallest absolute Gasteiger partial charge is 0.399 e. The molecule has 1 aromatic rings. The van der Waals surface area contributed by atoms with E-state index in [0.717, 1.165) is 12.0 Å². The van der Waals surface area contributed by atoms with Crippen molar-refractivity contribution in [2.24, 2.45) is 0 Å². The zero-order chi connectivity index (χ0) is 16.1. The molecule has 2 saturated heterocycles. The third-order valence-electron chi connectivity index (χ3n) is 4.79. The Morgan fingerprint density at radius 3 is 2.23 bits per heavy atom. The lowest BCUT2D eigenvalue weighted by Crippen LogP contribution is -2.41. The molecule has 0 atom stereocenters. The lowest BCUT2D eigenvalue weighted by molar-refractivity contribution is 0.00578. The van der Waals surface area contributed by atoms with Crippen LogP contribution in [-0.2, 0) is 9.31 Å². The predicted octanol–water partition coefficient (Wildman–Crippen LogP) is 1.25. The Kier molecular flexibility index (Phi) is 3.45. The average molecular weight is 303 g/mol. The van der Waals surface area contributed by atoms with E-state index in [9.17, 15) is 4.79 Å². The largest absolute Gasteiger partial charge is 0.496 e. The molecule has 0 spiro atoms. The van der Waals surface area contributed by atoms with Gasteiger partial charge in [0, 0.05) is 31.8 Å². The Morgan fingerprint density at radius 2 is 1.77 bits per heavy atom. The van der Waals surface area contributed by atoms with Crippen molar-refractivity contribution < 1.29 is 14.1 Å². The highest BCUT2D eigenvalue weighted by Gasteiger charge is 2.51. The quantitative estimate of drug-likeness (QED) is 0.772. The average Bonchev–Trinajstić information content (AvgIpc) is 2.88.